The number of aliphatic hydroxyl groups excluding tert-OH is 1. The number of carbonyl (C=O) groups is 15. The van der Waals surface area contributed by atoms with Gasteiger partial charge in [-0.05, 0) is 66.6 Å². The molecule has 102 heavy (non-hydrogen) atoms. The number of amides is 13. The highest BCUT2D eigenvalue weighted by molar-refractivity contribution is 8.00. The highest BCUT2D eigenvalue weighted by atomic mass is 32.2. The molecule has 2 aliphatic heterocycles. The number of carboxylic acid groups (broad SMARTS) is 2. The number of rotatable bonds is 17. The van der Waals surface area contributed by atoms with E-state index in [1.54, 1.807) is 91.1 Å². The molecule has 0 aliphatic carbocycles. The molecule has 5 aromatic rings. The number of hydrogen-bond acceptors (Lipinski definition) is 18. The quantitative estimate of drug-likeness (QED) is 0.0443. The Morgan fingerprint density at radius 1 is 0.549 bits per heavy atom. The Morgan fingerprint density at radius 3 is 1.65 bits per heavy atom. The molecule has 19 N–H and O–H groups in total. The van der Waals surface area contributed by atoms with Crippen molar-refractivity contribution < 1.29 is 92.3 Å². The minimum atomic E-state index is -2.14. The van der Waals surface area contributed by atoms with Crippen molar-refractivity contribution >= 4 is 111 Å². The van der Waals surface area contributed by atoms with Gasteiger partial charge in [0, 0.05) is 61.5 Å². The van der Waals surface area contributed by atoms with Gasteiger partial charge in [0.15, 0.2) is 0 Å². The van der Waals surface area contributed by atoms with Crippen LogP contribution in [0.3, 0.4) is 0 Å². The third-order valence-electron chi connectivity index (χ3n) is 16.4. The predicted octanol–water partition coefficient (Wildman–Crippen LogP) is -2.92. The Hall–Kier alpha value is -11.4. The van der Waals surface area contributed by atoms with Crippen molar-refractivity contribution in [2.75, 3.05) is 24.6 Å². The number of phenolic OH excluding ortho intramolecular Hbond substituents is 1. The first-order valence-electron chi connectivity index (χ1n) is 32.1. The fourth-order valence-electron chi connectivity index (χ4n) is 11.3. The van der Waals surface area contributed by atoms with E-state index in [0.29, 0.717) is 27.6 Å². The van der Waals surface area contributed by atoms with Crippen LogP contribution in [0.25, 0.3) is 10.9 Å². The summed E-state index contributed by atoms with van der Waals surface area (Å²) in [5, 5.41) is 65.6. The van der Waals surface area contributed by atoms with Gasteiger partial charge in [0.25, 0.3) is 0 Å². The lowest BCUT2D eigenvalue weighted by atomic mass is 10.0. The molecule has 2 saturated heterocycles. The van der Waals surface area contributed by atoms with E-state index in [9.17, 15) is 92.3 Å². The Labute approximate surface area is 588 Å². The number of thioether (sulfide) groups is 1. The van der Waals surface area contributed by atoms with E-state index in [2.05, 4.69) is 58.2 Å². The standard InChI is InChI=1S/C67H80N14O19S.CH4/c1-35(82)57-66(99)78-49(27-37-13-6-3-7-14-37)67(100)81-24-10-17-51(81)65(98)79-50(58(69)91)33-101-34-54(86)73-46(28-39-31-70-42-16-9-8-15-41(39)42)62(95)75-45(25-36-11-4-2-5-12-36)61(94)74-43(22-23-55(87)88)59(92)71-32-53(85)72-44(26-38-18-20-40(83)21-19-38)60(93)77-48(30-56(89)90)63(96)76-47(29-52(68)84)64(97)80-57;/h2-9,11-16,18-21,31,35,43-51,57,70,82-83H,10,17,22-30,32-34H2,1H3,(H2,68,84)(H2,69,91)(H,71,92)(H,72,85)(H,73,86)(H,74,94)(H,75,95)(H,76,96)(H,77,93)(H,78,99)(H,79,98)(H,80,97)(H,87,88)(H,89,90);1H4/t35-,43+,44+,45+,46+,47+,48+,49+,50+,51+,57+;/m1./s1. The van der Waals surface area contributed by atoms with E-state index in [1.165, 1.54) is 24.3 Å². The molecule has 11 atom stereocenters. The van der Waals surface area contributed by atoms with Gasteiger partial charge in [-0.25, -0.2) is 0 Å². The molecule has 1 aromatic heterocycles. The van der Waals surface area contributed by atoms with Crippen LogP contribution >= 0.6 is 11.8 Å². The molecule has 7 rings (SSSR count). The Bertz CT molecular complexity index is 3860. The fraction of sp³-hybridized carbons (Fsp3) is 0.397. The first-order chi connectivity index (χ1) is 48.1. The van der Waals surface area contributed by atoms with Crippen LogP contribution in [0, 0.1) is 0 Å². The maximum absolute atomic E-state index is 14.8. The second-order valence-electron chi connectivity index (χ2n) is 24.2. The zero-order chi connectivity index (χ0) is 73.4. The van der Waals surface area contributed by atoms with E-state index in [-0.39, 0.29) is 63.1 Å². The summed E-state index contributed by atoms with van der Waals surface area (Å²) in [4.78, 5) is 212. The number of benzene rings is 4. The summed E-state index contributed by atoms with van der Waals surface area (Å²) in [7, 11) is 0. The summed E-state index contributed by atoms with van der Waals surface area (Å²) in [5.41, 5.74) is 13.7. The van der Waals surface area contributed by atoms with Crippen molar-refractivity contribution in [2.45, 2.75) is 145 Å². The summed E-state index contributed by atoms with van der Waals surface area (Å²) in [5.74, 6) is -18.3. The van der Waals surface area contributed by atoms with Crippen LogP contribution in [-0.4, -0.2) is 210 Å². The van der Waals surface area contributed by atoms with Gasteiger partial charge in [0.2, 0.25) is 76.8 Å². The summed E-state index contributed by atoms with van der Waals surface area (Å²) < 4.78 is 0. The van der Waals surface area contributed by atoms with E-state index >= 15 is 0 Å². The van der Waals surface area contributed by atoms with E-state index in [1.807, 2.05) is 0 Å². The third-order valence-corrected chi connectivity index (χ3v) is 17.5. The molecule has 4 aromatic carbocycles. The van der Waals surface area contributed by atoms with Crippen LogP contribution in [0.5, 0.6) is 5.75 Å². The number of primary amides is 2. The number of nitrogens with zero attached hydrogens (tertiary/aromatic N) is 1. The number of aliphatic carboxylic acids is 2. The van der Waals surface area contributed by atoms with E-state index in [4.69, 9.17) is 11.5 Å². The number of H-pyrrole nitrogens is 1. The number of fused-ring (bicyclic) bond motifs is 2. The van der Waals surface area contributed by atoms with Gasteiger partial charge in [-0.3, -0.25) is 71.9 Å². The number of phenols is 1. The largest absolute Gasteiger partial charge is 0.508 e. The fourth-order valence-corrected chi connectivity index (χ4v) is 12.1. The molecular formula is C68H84N14O19S. The minimum absolute atomic E-state index is 0. The zero-order valence-electron chi connectivity index (χ0n) is 54.6. The Morgan fingerprint density at radius 2 is 1.06 bits per heavy atom. The normalized spacial score (nSPS) is 23.5. The average Bonchev–Trinajstić information content (AvgIpc) is 1.63. The molecule has 13 amide bonds. The molecule has 0 radical (unpaired) electrons. The van der Waals surface area contributed by atoms with Crippen LogP contribution < -0.4 is 64.6 Å². The van der Waals surface area contributed by atoms with Crippen molar-refractivity contribution in [2.24, 2.45) is 11.5 Å². The summed E-state index contributed by atoms with van der Waals surface area (Å²) in [6.07, 6.45) is -4.61. The minimum Gasteiger partial charge on any atom is -0.508 e. The molecule has 0 saturated carbocycles. The number of carboxylic acids is 2. The molecule has 2 fully saturated rings. The van der Waals surface area contributed by atoms with Crippen LogP contribution in [-0.2, 0) is 97.6 Å². The van der Waals surface area contributed by atoms with Gasteiger partial charge in [0.05, 0.1) is 31.2 Å². The molecule has 0 unspecified atom stereocenters. The smallest absolute Gasteiger partial charge is 0.305 e. The molecule has 2 aliphatic rings. The van der Waals surface area contributed by atoms with Crippen LogP contribution in [0.1, 0.15) is 75.1 Å². The number of aromatic amines is 1. The van der Waals surface area contributed by atoms with Gasteiger partial charge < -0.3 is 94.9 Å². The third kappa shape index (κ3) is 23.9. The lowest BCUT2D eigenvalue weighted by molar-refractivity contribution is -0.143. The highest BCUT2D eigenvalue weighted by Crippen LogP contribution is 2.23. The van der Waals surface area contributed by atoms with Gasteiger partial charge in [-0.2, -0.15) is 0 Å². The topological polar surface area (TPSA) is 528 Å². The number of hydrogen-bond donors (Lipinski definition) is 17. The zero-order valence-corrected chi connectivity index (χ0v) is 55.5. The first kappa shape index (κ1) is 79.6. The summed E-state index contributed by atoms with van der Waals surface area (Å²) in [6.45, 7) is 0.0269. The molecular weight excluding hydrogens is 1350 g/mol. The molecule has 0 bridgehead atoms. The van der Waals surface area contributed by atoms with Gasteiger partial charge >= 0.3 is 11.9 Å². The Balaban J connectivity index is 0.0000164. The molecule has 34 heteroatoms. The molecule has 3 heterocycles. The molecule has 0 spiro atoms. The number of nitrogens with one attached hydrogen (secondary N) is 11. The second kappa shape index (κ2) is 38.2. The van der Waals surface area contributed by atoms with Gasteiger partial charge in [0.1, 0.15) is 66.2 Å². The summed E-state index contributed by atoms with van der Waals surface area (Å²) in [6, 6.07) is 11.6. The highest BCUT2D eigenvalue weighted by Gasteiger charge is 2.42. The Kier molecular flexibility index (Phi) is 29.8. The first-order valence-corrected chi connectivity index (χ1v) is 33.3. The SMILES string of the molecule is C.C[C@@H](O)[C@@H]1NC(=O)[C@H](CC(N)=O)NC(=O)[C@H](CC(=O)O)NC(=O)[C@H](Cc2ccc(O)cc2)NC(=O)CNC(=O)[C@H](CCC(=O)O)NC(=O)[C@H](Cc2ccccc2)NC(=O)[C@H](Cc2c[nH]c3ccccc23)NC(=O)CSC[C@@H](C(N)=O)NC(=O)[C@@H]2CCCN2C(=O)[C@H](Cc2ccccc2)NC1=O. The lowest BCUT2D eigenvalue weighted by Crippen LogP contribution is -2.62. The predicted molar refractivity (Wildman–Crippen MR) is 367 cm³/mol. The van der Waals surface area contributed by atoms with Crippen molar-refractivity contribution in [1.82, 2.24) is 63.1 Å². The van der Waals surface area contributed by atoms with E-state index in [0.717, 1.165) is 23.6 Å². The van der Waals surface area contributed by atoms with Crippen molar-refractivity contribution in [3.63, 3.8) is 0 Å². The maximum atomic E-state index is 14.8. The van der Waals surface area contributed by atoms with Crippen LogP contribution in [0.4, 0.5) is 0 Å². The molecule has 33 nitrogen and oxygen atoms in total. The van der Waals surface area contributed by atoms with Gasteiger partial charge in [-0.1, -0.05) is 98.4 Å². The number of carbonyl (C=O) groups excluding carboxylic acids is 13. The maximum Gasteiger partial charge on any atom is 0.305 e. The average molecular weight is 1430 g/mol. The number of nitrogens with two attached hydrogens (primary N) is 2. The number of para-hydroxylation sites is 1. The lowest BCUT2D eigenvalue weighted by Gasteiger charge is -2.31. The van der Waals surface area contributed by atoms with Gasteiger partial charge in [-0.15, -0.1) is 11.8 Å². The van der Waals surface area contributed by atoms with Crippen molar-refractivity contribution in [3.05, 3.63) is 138 Å². The van der Waals surface area contributed by atoms with Crippen LogP contribution in [0.2, 0.25) is 0 Å². The van der Waals surface area contributed by atoms with Crippen LogP contribution in [0.15, 0.2) is 115 Å². The number of aromatic nitrogens is 1. The number of aliphatic hydroxyl groups is 1. The number of aromatic hydroxyl groups is 1. The van der Waals surface area contributed by atoms with E-state index < -0.39 is 200 Å². The summed E-state index contributed by atoms with van der Waals surface area (Å²) >= 11 is 0.832. The van der Waals surface area contributed by atoms with Crippen molar-refractivity contribution in [3.8, 4) is 5.75 Å². The monoisotopic (exact) mass is 1430 g/mol. The van der Waals surface area contributed by atoms with Crippen molar-refractivity contribution in [1.29, 1.82) is 0 Å². The second-order valence-corrected chi connectivity index (χ2v) is 25.2. The molecule has 546 valence electrons.